The van der Waals surface area contributed by atoms with E-state index < -0.39 is 23.7 Å². The number of benzene rings is 2. The van der Waals surface area contributed by atoms with Crippen LogP contribution in [0.15, 0.2) is 69.9 Å². The van der Waals surface area contributed by atoms with Gasteiger partial charge in [0.15, 0.2) is 0 Å². The fraction of sp³-hybridized carbons (Fsp3) is 0.167. The summed E-state index contributed by atoms with van der Waals surface area (Å²) in [5.41, 5.74) is 7.44. The molecule has 9 nitrogen and oxygen atoms in total. The molecule has 0 aliphatic carbocycles. The van der Waals surface area contributed by atoms with Crippen molar-refractivity contribution in [3.8, 4) is 0 Å². The summed E-state index contributed by atoms with van der Waals surface area (Å²) in [6.07, 6.45) is -0.205. The lowest BCUT2D eigenvalue weighted by Crippen LogP contribution is -2.20. The first kappa shape index (κ1) is 23.1. The van der Waals surface area contributed by atoms with Gasteiger partial charge in [0.25, 0.3) is 0 Å². The molecule has 0 fully saturated rings. The van der Waals surface area contributed by atoms with Gasteiger partial charge in [-0.25, -0.2) is 14.6 Å². The number of fused-ring (bicyclic) bond motifs is 1. The lowest BCUT2D eigenvalue weighted by Gasteiger charge is -2.09. The van der Waals surface area contributed by atoms with E-state index in [2.05, 4.69) is 15.6 Å². The Balaban J connectivity index is 1.45. The summed E-state index contributed by atoms with van der Waals surface area (Å²) in [5, 5.41) is 6.15. The number of esters is 1. The Labute approximate surface area is 198 Å². The monoisotopic (exact) mass is 478 g/mol. The molecule has 1 unspecified atom stereocenters. The van der Waals surface area contributed by atoms with Crippen LogP contribution < -0.4 is 22.0 Å². The molecule has 2 heterocycles. The summed E-state index contributed by atoms with van der Waals surface area (Å²) >= 11 is 1.12. The van der Waals surface area contributed by atoms with Crippen LogP contribution >= 0.6 is 11.3 Å². The van der Waals surface area contributed by atoms with Gasteiger partial charge in [-0.15, -0.1) is 0 Å². The predicted octanol–water partition coefficient (Wildman–Crippen LogP) is 4.34. The van der Waals surface area contributed by atoms with Crippen LogP contribution in [-0.2, 0) is 16.1 Å². The summed E-state index contributed by atoms with van der Waals surface area (Å²) < 4.78 is 10.5. The molecule has 174 valence electrons. The van der Waals surface area contributed by atoms with Crippen molar-refractivity contribution in [3.63, 3.8) is 0 Å². The SMILES string of the molecule is Cc1c(NC(=O)Nc2ccccc2)sc2nc(C(N)CC(=O)OCc3ccccc3)oc(=O)c12. The summed E-state index contributed by atoms with van der Waals surface area (Å²) in [5.74, 6) is -0.612. The third-order valence-corrected chi connectivity index (χ3v) is 6.05. The molecule has 4 rings (SSSR count). The number of nitrogens with one attached hydrogen (secondary N) is 2. The molecule has 4 aromatic rings. The number of ether oxygens (including phenoxy) is 1. The van der Waals surface area contributed by atoms with Crippen molar-refractivity contribution >= 4 is 44.2 Å². The molecule has 0 aliphatic rings. The number of urea groups is 1. The van der Waals surface area contributed by atoms with Gasteiger partial charge in [0.2, 0.25) is 5.89 Å². The minimum atomic E-state index is -0.958. The predicted molar refractivity (Wildman–Crippen MR) is 130 cm³/mol. The van der Waals surface area contributed by atoms with Crippen LogP contribution in [0.1, 0.15) is 29.5 Å². The van der Waals surface area contributed by atoms with Gasteiger partial charge in [-0.05, 0) is 24.6 Å². The number of amides is 2. The van der Waals surface area contributed by atoms with Gasteiger partial charge in [0, 0.05) is 11.3 Å². The van der Waals surface area contributed by atoms with Crippen LogP contribution in [0, 0.1) is 6.92 Å². The molecule has 4 N–H and O–H groups in total. The van der Waals surface area contributed by atoms with Crippen molar-refractivity contribution in [3.05, 3.63) is 88.1 Å². The number of hydrogen-bond acceptors (Lipinski definition) is 8. The first-order chi connectivity index (χ1) is 16.4. The molecule has 2 aromatic heterocycles. The Morgan fingerprint density at radius 3 is 2.47 bits per heavy atom. The topological polar surface area (TPSA) is 137 Å². The van der Waals surface area contributed by atoms with Gasteiger partial charge < -0.3 is 20.2 Å². The standard InChI is InChI=1S/C24H22N4O5S/c1-14-19-22(34-21(14)28-24(31)26-16-10-6-3-7-11-16)27-20(33-23(19)30)17(25)12-18(29)32-13-15-8-4-2-5-9-15/h2-11,17H,12-13,25H2,1H3,(H2,26,28,31). The summed E-state index contributed by atoms with van der Waals surface area (Å²) in [6.45, 7) is 1.81. The van der Waals surface area contributed by atoms with Crippen LogP contribution in [0.25, 0.3) is 10.2 Å². The fourth-order valence-corrected chi connectivity index (χ4v) is 4.28. The smallest absolute Gasteiger partial charge is 0.348 e. The maximum Gasteiger partial charge on any atom is 0.348 e. The van der Waals surface area contributed by atoms with Crippen molar-refractivity contribution in [1.29, 1.82) is 0 Å². The van der Waals surface area contributed by atoms with Crippen LogP contribution in [0.5, 0.6) is 0 Å². The molecule has 0 saturated heterocycles. The van der Waals surface area contributed by atoms with Crippen LogP contribution in [0.3, 0.4) is 0 Å². The second kappa shape index (κ2) is 10.3. The van der Waals surface area contributed by atoms with E-state index in [4.69, 9.17) is 14.9 Å². The Hall–Kier alpha value is -4.02. The number of hydrogen-bond donors (Lipinski definition) is 3. The minimum absolute atomic E-state index is 0.0734. The molecular weight excluding hydrogens is 456 g/mol. The van der Waals surface area contributed by atoms with E-state index in [0.29, 0.717) is 21.1 Å². The summed E-state index contributed by atoms with van der Waals surface area (Å²) in [6, 6.07) is 16.8. The third-order valence-electron chi connectivity index (χ3n) is 4.95. The molecule has 10 heteroatoms. The zero-order valence-corrected chi connectivity index (χ0v) is 19.1. The van der Waals surface area contributed by atoms with Crippen molar-refractivity contribution in [2.24, 2.45) is 5.73 Å². The number of carbonyl (C=O) groups excluding carboxylic acids is 2. The van der Waals surface area contributed by atoms with E-state index in [-0.39, 0.29) is 24.3 Å². The zero-order valence-electron chi connectivity index (χ0n) is 18.2. The fourth-order valence-electron chi connectivity index (χ4n) is 3.21. The maximum atomic E-state index is 12.6. The van der Waals surface area contributed by atoms with E-state index in [9.17, 15) is 14.4 Å². The van der Waals surface area contributed by atoms with E-state index >= 15 is 0 Å². The van der Waals surface area contributed by atoms with E-state index in [0.717, 1.165) is 16.9 Å². The highest BCUT2D eigenvalue weighted by atomic mass is 32.1. The molecular formula is C24H22N4O5S. The zero-order chi connectivity index (χ0) is 24.1. The average molecular weight is 479 g/mol. The van der Waals surface area contributed by atoms with Crippen molar-refractivity contribution < 1.29 is 18.7 Å². The lowest BCUT2D eigenvalue weighted by atomic mass is 10.2. The van der Waals surface area contributed by atoms with Crippen LogP contribution in [0.2, 0.25) is 0 Å². The van der Waals surface area contributed by atoms with Gasteiger partial charge in [-0.2, -0.15) is 0 Å². The minimum Gasteiger partial charge on any atom is -0.461 e. The largest absolute Gasteiger partial charge is 0.461 e. The first-order valence-electron chi connectivity index (χ1n) is 10.4. The molecule has 0 bridgehead atoms. The van der Waals surface area contributed by atoms with Gasteiger partial charge in [-0.1, -0.05) is 59.9 Å². The quantitative estimate of drug-likeness (QED) is 0.336. The van der Waals surface area contributed by atoms with Crippen LogP contribution in [-0.4, -0.2) is 17.0 Å². The Morgan fingerprint density at radius 2 is 1.76 bits per heavy atom. The number of rotatable bonds is 7. The van der Waals surface area contributed by atoms with E-state index in [1.54, 1.807) is 31.2 Å². The Morgan fingerprint density at radius 1 is 1.09 bits per heavy atom. The summed E-state index contributed by atoms with van der Waals surface area (Å²) in [7, 11) is 0. The van der Waals surface area contributed by atoms with Crippen LogP contribution in [0.4, 0.5) is 15.5 Å². The lowest BCUT2D eigenvalue weighted by molar-refractivity contribution is -0.145. The van der Waals surface area contributed by atoms with Crippen molar-refractivity contribution in [2.45, 2.75) is 26.0 Å². The highest BCUT2D eigenvalue weighted by molar-refractivity contribution is 7.22. The highest BCUT2D eigenvalue weighted by Crippen LogP contribution is 2.33. The Kier molecular flexibility index (Phi) is 7.00. The maximum absolute atomic E-state index is 12.6. The normalized spacial score (nSPS) is 11.7. The van der Waals surface area contributed by atoms with Gasteiger partial charge in [-0.3, -0.25) is 10.1 Å². The molecule has 0 radical (unpaired) electrons. The average Bonchev–Trinajstić information content (AvgIpc) is 3.14. The molecule has 34 heavy (non-hydrogen) atoms. The highest BCUT2D eigenvalue weighted by Gasteiger charge is 2.22. The molecule has 1 atom stereocenters. The number of thiophene rings is 1. The summed E-state index contributed by atoms with van der Waals surface area (Å²) in [4.78, 5) is 41.8. The number of nitrogens with zero attached hydrogens (tertiary/aromatic N) is 1. The molecule has 2 amide bonds. The number of anilines is 2. The second-order valence-electron chi connectivity index (χ2n) is 7.48. The van der Waals surface area contributed by atoms with Gasteiger partial charge >= 0.3 is 17.6 Å². The second-order valence-corrected chi connectivity index (χ2v) is 8.48. The Bertz CT molecular complexity index is 1370. The van der Waals surface area contributed by atoms with Gasteiger partial charge in [0.1, 0.15) is 21.8 Å². The number of carbonyl (C=O) groups is 2. The third kappa shape index (κ3) is 5.48. The molecule has 0 aliphatic heterocycles. The van der Waals surface area contributed by atoms with E-state index in [1.165, 1.54) is 0 Å². The van der Waals surface area contributed by atoms with Crippen molar-refractivity contribution in [1.82, 2.24) is 4.98 Å². The number of aryl methyl sites for hydroxylation is 1. The number of para-hydroxylation sites is 1. The number of nitrogens with two attached hydrogens (primary N) is 1. The van der Waals surface area contributed by atoms with Crippen molar-refractivity contribution in [2.75, 3.05) is 10.6 Å². The molecule has 2 aromatic carbocycles. The van der Waals surface area contributed by atoms with Gasteiger partial charge in [0.05, 0.1) is 12.5 Å². The van der Waals surface area contributed by atoms with E-state index in [1.807, 2.05) is 36.4 Å². The first-order valence-corrected chi connectivity index (χ1v) is 11.2. The molecule has 0 spiro atoms. The molecule has 0 saturated carbocycles. The number of aromatic nitrogens is 1.